The van der Waals surface area contributed by atoms with Crippen molar-refractivity contribution in [2.45, 2.75) is 18.4 Å². The van der Waals surface area contributed by atoms with Crippen molar-refractivity contribution in [2.24, 2.45) is 0 Å². The molecule has 2 aliphatic heterocycles. The number of rotatable bonds is 2. The van der Waals surface area contributed by atoms with Gasteiger partial charge in [0.05, 0.1) is 13.2 Å². The normalized spacial score (nSPS) is 27.5. The van der Waals surface area contributed by atoms with Crippen molar-refractivity contribution in [3.8, 4) is 0 Å². The van der Waals surface area contributed by atoms with Crippen LogP contribution in [0, 0.1) is 0 Å². The minimum atomic E-state index is -0.715. The van der Waals surface area contributed by atoms with E-state index >= 15 is 0 Å². The number of carboxylic acid groups (broad SMARTS) is 1. The minimum absolute atomic E-state index is 0.545. The monoisotopic (exact) mass is 215 g/mol. The van der Waals surface area contributed by atoms with Gasteiger partial charge in [0.2, 0.25) is 0 Å². The first kappa shape index (κ1) is 10.9. The van der Waals surface area contributed by atoms with Crippen molar-refractivity contribution in [3.63, 3.8) is 0 Å². The number of carboxylic acids is 1. The summed E-state index contributed by atoms with van der Waals surface area (Å²) < 4.78 is 10.5. The zero-order valence-electron chi connectivity index (χ0n) is 8.78. The SMILES string of the molecule is O=C(O)C1(N2CCOCC2)CCOCC1. The van der Waals surface area contributed by atoms with Crippen LogP contribution in [0.25, 0.3) is 0 Å². The first-order valence-corrected chi connectivity index (χ1v) is 5.40. The van der Waals surface area contributed by atoms with E-state index in [4.69, 9.17) is 9.47 Å². The molecule has 1 N–H and O–H groups in total. The Kier molecular flexibility index (Phi) is 3.23. The molecule has 0 atom stereocenters. The third-order valence-electron chi connectivity index (χ3n) is 3.33. The Labute approximate surface area is 89.0 Å². The van der Waals surface area contributed by atoms with E-state index in [1.54, 1.807) is 0 Å². The van der Waals surface area contributed by atoms with Gasteiger partial charge in [-0.2, -0.15) is 0 Å². The van der Waals surface area contributed by atoms with E-state index in [-0.39, 0.29) is 0 Å². The van der Waals surface area contributed by atoms with Gasteiger partial charge >= 0.3 is 5.97 Å². The average Bonchev–Trinajstić information content (AvgIpc) is 2.31. The third-order valence-corrected chi connectivity index (χ3v) is 3.33. The van der Waals surface area contributed by atoms with Gasteiger partial charge in [0.1, 0.15) is 5.54 Å². The van der Waals surface area contributed by atoms with Gasteiger partial charge in [-0.25, -0.2) is 0 Å². The van der Waals surface area contributed by atoms with Crippen LogP contribution in [-0.4, -0.2) is 61.0 Å². The molecule has 0 radical (unpaired) electrons. The van der Waals surface area contributed by atoms with Gasteiger partial charge in [0.25, 0.3) is 0 Å². The molecule has 5 heteroatoms. The van der Waals surface area contributed by atoms with Crippen LogP contribution < -0.4 is 0 Å². The third kappa shape index (κ3) is 2.00. The summed E-state index contributed by atoms with van der Waals surface area (Å²) in [6, 6.07) is 0. The maximum absolute atomic E-state index is 11.4. The molecule has 0 bridgehead atoms. The molecule has 0 spiro atoms. The summed E-state index contributed by atoms with van der Waals surface area (Å²) in [4.78, 5) is 13.5. The Hall–Kier alpha value is -0.650. The van der Waals surface area contributed by atoms with Crippen LogP contribution >= 0.6 is 0 Å². The molecular weight excluding hydrogens is 198 g/mol. The van der Waals surface area contributed by atoms with Crippen LogP contribution in [0.15, 0.2) is 0 Å². The van der Waals surface area contributed by atoms with E-state index < -0.39 is 11.5 Å². The molecule has 2 saturated heterocycles. The quantitative estimate of drug-likeness (QED) is 0.700. The highest BCUT2D eigenvalue weighted by Gasteiger charge is 2.45. The summed E-state index contributed by atoms with van der Waals surface area (Å²) in [5.41, 5.74) is -0.706. The predicted octanol–water partition coefficient (Wildman–Crippen LogP) is -0.0476. The summed E-state index contributed by atoms with van der Waals surface area (Å²) in [5.74, 6) is -0.715. The van der Waals surface area contributed by atoms with Crippen molar-refractivity contribution in [2.75, 3.05) is 39.5 Å². The number of hydrogen-bond acceptors (Lipinski definition) is 4. The number of morpholine rings is 1. The van der Waals surface area contributed by atoms with E-state index in [0.29, 0.717) is 52.4 Å². The Morgan fingerprint density at radius 1 is 1.07 bits per heavy atom. The Bertz CT molecular complexity index is 232. The fourth-order valence-corrected chi connectivity index (χ4v) is 2.37. The van der Waals surface area contributed by atoms with Crippen LogP contribution in [0.3, 0.4) is 0 Å². The highest BCUT2D eigenvalue weighted by molar-refractivity contribution is 5.79. The summed E-state index contributed by atoms with van der Waals surface area (Å²) in [7, 11) is 0. The van der Waals surface area contributed by atoms with E-state index in [2.05, 4.69) is 0 Å². The second-order valence-corrected chi connectivity index (χ2v) is 4.05. The molecule has 0 amide bonds. The van der Waals surface area contributed by atoms with Crippen LogP contribution in [0.5, 0.6) is 0 Å². The van der Waals surface area contributed by atoms with Crippen LogP contribution in [0.4, 0.5) is 0 Å². The smallest absolute Gasteiger partial charge is 0.324 e. The standard InChI is InChI=1S/C10H17NO4/c12-9(13)10(1-5-14-6-2-10)11-3-7-15-8-4-11/h1-8H2,(H,12,13). The maximum Gasteiger partial charge on any atom is 0.324 e. The lowest BCUT2D eigenvalue weighted by molar-refractivity contribution is -0.163. The fraction of sp³-hybridized carbons (Fsp3) is 0.900. The molecule has 0 unspecified atom stereocenters. The lowest BCUT2D eigenvalue weighted by atomic mass is 9.87. The van der Waals surface area contributed by atoms with Gasteiger partial charge in [-0.1, -0.05) is 0 Å². The molecule has 0 saturated carbocycles. The number of hydrogen-bond donors (Lipinski definition) is 1. The molecule has 0 aromatic carbocycles. The van der Waals surface area contributed by atoms with Gasteiger partial charge in [-0.15, -0.1) is 0 Å². The summed E-state index contributed by atoms with van der Waals surface area (Å²) in [6.07, 6.45) is 1.17. The lowest BCUT2D eigenvalue weighted by Crippen LogP contribution is -2.60. The van der Waals surface area contributed by atoms with E-state index in [9.17, 15) is 9.90 Å². The molecule has 0 aromatic rings. The first-order chi connectivity index (χ1) is 7.26. The van der Waals surface area contributed by atoms with Crippen LogP contribution in [-0.2, 0) is 14.3 Å². The molecule has 0 aromatic heterocycles. The number of carbonyl (C=O) groups is 1. The van der Waals surface area contributed by atoms with Crippen molar-refractivity contribution in [1.29, 1.82) is 0 Å². The van der Waals surface area contributed by atoms with Crippen molar-refractivity contribution in [3.05, 3.63) is 0 Å². The molecule has 2 heterocycles. The topological polar surface area (TPSA) is 59.0 Å². The molecule has 2 fully saturated rings. The maximum atomic E-state index is 11.4. The Balaban J connectivity index is 2.12. The predicted molar refractivity (Wildman–Crippen MR) is 52.8 cm³/mol. The van der Waals surface area contributed by atoms with Crippen LogP contribution in [0.2, 0.25) is 0 Å². The second kappa shape index (κ2) is 4.47. The van der Waals surface area contributed by atoms with Crippen LogP contribution in [0.1, 0.15) is 12.8 Å². The zero-order chi connectivity index (χ0) is 10.7. The number of nitrogens with zero attached hydrogens (tertiary/aromatic N) is 1. The van der Waals surface area contributed by atoms with E-state index in [1.807, 2.05) is 4.90 Å². The fourth-order valence-electron chi connectivity index (χ4n) is 2.37. The first-order valence-electron chi connectivity index (χ1n) is 5.40. The molecule has 2 rings (SSSR count). The minimum Gasteiger partial charge on any atom is -0.480 e. The highest BCUT2D eigenvalue weighted by Crippen LogP contribution is 2.29. The van der Waals surface area contributed by atoms with Gasteiger partial charge in [0, 0.05) is 26.3 Å². The Morgan fingerprint density at radius 3 is 2.13 bits per heavy atom. The molecule has 2 aliphatic rings. The average molecular weight is 215 g/mol. The molecular formula is C10H17NO4. The highest BCUT2D eigenvalue weighted by atomic mass is 16.5. The van der Waals surface area contributed by atoms with Crippen molar-refractivity contribution >= 4 is 5.97 Å². The summed E-state index contributed by atoms with van der Waals surface area (Å²) >= 11 is 0. The van der Waals surface area contributed by atoms with Gasteiger partial charge in [-0.05, 0) is 12.8 Å². The molecule has 0 aliphatic carbocycles. The molecule has 15 heavy (non-hydrogen) atoms. The van der Waals surface area contributed by atoms with Gasteiger partial charge in [0.15, 0.2) is 0 Å². The lowest BCUT2D eigenvalue weighted by Gasteiger charge is -2.44. The summed E-state index contributed by atoms with van der Waals surface area (Å²) in [6.45, 7) is 3.79. The van der Waals surface area contributed by atoms with E-state index in [1.165, 1.54) is 0 Å². The Morgan fingerprint density at radius 2 is 1.60 bits per heavy atom. The number of aliphatic carboxylic acids is 1. The molecule has 86 valence electrons. The van der Waals surface area contributed by atoms with E-state index in [0.717, 1.165) is 0 Å². The zero-order valence-corrected chi connectivity index (χ0v) is 8.78. The van der Waals surface area contributed by atoms with Gasteiger partial charge < -0.3 is 14.6 Å². The van der Waals surface area contributed by atoms with Crippen molar-refractivity contribution < 1.29 is 19.4 Å². The largest absolute Gasteiger partial charge is 0.480 e. The van der Waals surface area contributed by atoms with Crippen molar-refractivity contribution in [1.82, 2.24) is 4.90 Å². The summed E-state index contributed by atoms with van der Waals surface area (Å²) in [5, 5.41) is 9.40. The van der Waals surface area contributed by atoms with Gasteiger partial charge in [-0.3, -0.25) is 9.69 Å². The molecule has 5 nitrogen and oxygen atoms in total. The second-order valence-electron chi connectivity index (χ2n) is 4.05. The number of ether oxygens (including phenoxy) is 2.